The number of aryl methyl sites for hydroxylation is 1. The summed E-state index contributed by atoms with van der Waals surface area (Å²) in [4.78, 5) is 12.5. The molecule has 0 aromatic carbocycles. The van der Waals surface area contributed by atoms with E-state index in [1.54, 1.807) is 0 Å². The summed E-state index contributed by atoms with van der Waals surface area (Å²) in [6.07, 6.45) is 0.725. The second-order valence-electron chi connectivity index (χ2n) is 4.88. The van der Waals surface area contributed by atoms with Crippen LogP contribution in [-0.4, -0.2) is 38.9 Å². The SMILES string of the molecule is Cc1cc(N)nnc1[C@H]1CCN(C(=O)O)[C@@H](C)C1. The van der Waals surface area contributed by atoms with E-state index in [-0.39, 0.29) is 12.0 Å². The van der Waals surface area contributed by atoms with Gasteiger partial charge in [0.2, 0.25) is 0 Å². The van der Waals surface area contributed by atoms with Crippen LogP contribution in [0.1, 0.15) is 36.9 Å². The number of anilines is 1. The summed E-state index contributed by atoms with van der Waals surface area (Å²) in [7, 11) is 0. The van der Waals surface area contributed by atoms with Gasteiger partial charge in [-0.2, -0.15) is 5.10 Å². The maximum absolute atomic E-state index is 11.0. The fourth-order valence-electron chi connectivity index (χ4n) is 2.62. The number of carbonyl (C=O) groups is 1. The van der Waals surface area contributed by atoms with Crippen LogP contribution >= 0.6 is 0 Å². The van der Waals surface area contributed by atoms with E-state index in [0.717, 1.165) is 24.1 Å². The number of nitrogen functional groups attached to an aromatic ring is 1. The van der Waals surface area contributed by atoms with Crippen molar-refractivity contribution in [3.05, 3.63) is 17.3 Å². The van der Waals surface area contributed by atoms with Crippen LogP contribution in [0.2, 0.25) is 0 Å². The first-order chi connectivity index (χ1) is 8.49. The van der Waals surface area contributed by atoms with Crippen LogP contribution < -0.4 is 5.73 Å². The van der Waals surface area contributed by atoms with Crippen LogP contribution in [-0.2, 0) is 0 Å². The fourth-order valence-corrected chi connectivity index (χ4v) is 2.62. The highest BCUT2D eigenvalue weighted by atomic mass is 16.4. The molecule has 0 unspecified atom stereocenters. The second kappa shape index (κ2) is 4.80. The van der Waals surface area contributed by atoms with E-state index in [0.29, 0.717) is 12.4 Å². The molecule has 6 nitrogen and oxygen atoms in total. The third-order valence-corrected chi connectivity index (χ3v) is 3.55. The molecule has 0 saturated carbocycles. The minimum atomic E-state index is -0.846. The molecule has 2 rings (SSSR count). The molecule has 1 amide bonds. The molecule has 3 N–H and O–H groups in total. The molecule has 1 aliphatic rings. The zero-order valence-corrected chi connectivity index (χ0v) is 10.6. The third-order valence-electron chi connectivity index (χ3n) is 3.55. The van der Waals surface area contributed by atoms with Crippen LogP contribution in [0.25, 0.3) is 0 Å². The van der Waals surface area contributed by atoms with Gasteiger partial charge in [-0.3, -0.25) is 0 Å². The van der Waals surface area contributed by atoms with Crippen LogP contribution in [0.4, 0.5) is 10.6 Å². The normalized spacial score (nSPS) is 24.0. The van der Waals surface area contributed by atoms with Gasteiger partial charge in [-0.05, 0) is 38.3 Å². The minimum absolute atomic E-state index is 0.0139. The number of nitrogens with zero attached hydrogens (tertiary/aromatic N) is 3. The highest BCUT2D eigenvalue weighted by Gasteiger charge is 2.30. The summed E-state index contributed by atoms with van der Waals surface area (Å²) in [5.41, 5.74) is 7.56. The molecule has 18 heavy (non-hydrogen) atoms. The van der Waals surface area contributed by atoms with E-state index in [1.165, 1.54) is 4.90 Å². The Labute approximate surface area is 106 Å². The Morgan fingerprint density at radius 2 is 2.28 bits per heavy atom. The van der Waals surface area contributed by atoms with E-state index in [9.17, 15) is 4.79 Å². The summed E-state index contributed by atoms with van der Waals surface area (Å²) in [5.74, 6) is 0.691. The van der Waals surface area contributed by atoms with Crippen LogP contribution in [0.15, 0.2) is 6.07 Å². The molecule has 0 spiro atoms. The van der Waals surface area contributed by atoms with Gasteiger partial charge in [0.1, 0.15) is 5.82 Å². The Morgan fingerprint density at radius 1 is 1.56 bits per heavy atom. The first-order valence-corrected chi connectivity index (χ1v) is 6.08. The van der Waals surface area contributed by atoms with Crippen molar-refractivity contribution in [1.82, 2.24) is 15.1 Å². The molecule has 0 radical (unpaired) electrons. The molecule has 1 aromatic rings. The smallest absolute Gasteiger partial charge is 0.407 e. The van der Waals surface area contributed by atoms with Gasteiger partial charge in [0.05, 0.1) is 5.69 Å². The van der Waals surface area contributed by atoms with Gasteiger partial charge in [-0.1, -0.05) is 0 Å². The zero-order valence-electron chi connectivity index (χ0n) is 10.6. The summed E-state index contributed by atoms with van der Waals surface area (Å²) in [6, 6.07) is 1.83. The lowest BCUT2D eigenvalue weighted by atomic mass is 9.87. The number of hydrogen-bond acceptors (Lipinski definition) is 4. The lowest BCUT2D eigenvalue weighted by molar-refractivity contribution is 0.106. The van der Waals surface area contributed by atoms with E-state index >= 15 is 0 Å². The lowest BCUT2D eigenvalue weighted by Gasteiger charge is -2.35. The Morgan fingerprint density at radius 3 is 2.83 bits per heavy atom. The second-order valence-corrected chi connectivity index (χ2v) is 4.88. The molecule has 1 saturated heterocycles. The number of likely N-dealkylation sites (tertiary alicyclic amines) is 1. The molecule has 1 aromatic heterocycles. The predicted octanol–water partition coefficient (Wildman–Crippen LogP) is 1.61. The number of nitrogens with two attached hydrogens (primary N) is 1. The Kier molecular flexibility index (Phi) is 3.36. The van der Waals surface area contributed by atoms with Crippen molar-refractivity contribution in [2.45, 2.75) is 38.6 Å². The lowest BCUT2D eigenvalue weighted by Crippen LogP contribution is -2.43. The van der Waals surface area contributed by atoms with Gasteiger partial charge in [-0.15, -0.1) is 5.10 Å². The topological polar surface area (TPSA) is 92.3 Å². The van der Waals surface area contributed by atoms with Crippen molar-refractivity contribution in [3.63, 3.8) is 0 Å². The Balaban J connectivity index is 2.15. The Bertz CT molecular complexity index is 463. The number of aromatic nitrogens is 2. The molecule has 0 bridgehead atoms. The van der Waals surface area contributed by atoms with Crippen LogP contribution in [0.3, 0.4) is 0 Å². The van der Waals surface area contributed by atoms with Crippen molar-refractivity contribution < 1.29 is 9.90 Å². The van der Waals surface area contributed by atoms with Crippen molar-refractivity contribution in [2.75, 3.05) is 12.3 Å². The summed E-state index contributed by atoms with van der Waals surface area (Å²) < 4.78 is 0. The predicted molar refractivity (Wildman–Crippen MR) is 67.3 cm³/mol. The van der Waals surface area contributed by atoms with E-state index in [2.05, 4.69) is 10.2 Å². The number of carboxylic acid groups (broad SMARTS) is 1. The number of hydrogen-bond donors (Lipinski definition) is 2. The number of rotatable bonds is 1. The molecular formula is C12H18N4O2. The molecule has 0 aliphatic carbocycles. The maximum Gasteiger partial charge on any atom is 0.407 e. The van der Waals surface area contributed by atoms with Crippen molar-refractivity contribution in [1.29, 1.82) is 0 Å². The van der Waals surface area contributed by atoms with Crippen LogP contribution in [0.5, 0.6) is 0 Å². The van der Waals surface area contributed by atoms with E-state index < -0.39 is 6.09 Å². The first kappa shape index (κ1) is 12.6. The zero-order chi connectivity index (χ0) is 13.3. The molecule has 2 atom stereocenters. The van der Waals surface area contributed by atoms with Gasteiger partial charge in [-0.25, -0.2) is 4.79 Å². The van der Waals surface area contributed by atoms with E-state index in [4.69, 9.17) is 10.8 Å². The van der Waals surface area contributed by atoms with Gasteiger partial charge >= 0.3 is 6.09 Å². The quantitative estimate of drug-likeness (QED) is 0.790. The molecular weight excluding hydrogens is 232 g/mol. The van der Waals surface area contributed by atoms with Gasteiger partial charge in [0, 0.05) is 18.5 Å². The van der Waals surface area contributed by atoms with Gasteiger partial charge in [0.15, 0.2) is 0 Å². The molecule has 6 heteroatoms. The Hall–Kier alpha value is -1.85. The third kappa shape index (κ3) is 2.37. The van der Waals surface area contributed by atoms with E-state index in [1.807, 2.05) is 19.9 Å². The van der Waals surface area contributed by atoms with Crippen LogP contribution in [0, 0.1) is 6.92 Å². The van der Waals surface area contributed by atoms with Crippen molar-refractivity contribution in [3.8, 4) is 0 Å². The van der Waals surface area contributed by atoms with Crippen molar-refractivity contribution in [2.24, 2.45) is 0 Å². The maximum atomic E-state index is 11.0. The minimum Gasteiger partial charge on any atom is -0.465 e. The molecule has 1 fully saturated rings. The summed E-state index contributed by atoms with van der Waals surface area (Å²) in [5, 5.41) is 17.1. The molecule has 1 aliphatic heterocycles. The number of amides is 1. The van der Waals surface area contributed by atoms with Gasteiger partial charge < -0.3 is 15.7 Å². The fraction of sp³-hybridized carbons (Fsp3) is 0.583. The average Bonchev–Trinajstić information content (AvgIpc) is 2.28. The first-order valence-electron chi connectivity index (χ1n) is 6.08. The molecule has 98 valence electrons. The molecule has 2 heterocycles. The van der Waals surface area contributed by atoms with Crippen molar-refractivity contribution >= 4 is 11.9 Å². The highest BCUT2D eigenvalue weighted by Crippen LogP contribution is 2.31. The summed E-state index contributed by atoms with van der Waals surface area (Å²) in [6.45, 7) is 4.45. The standard InChI is InChI=1S/C12H18N4O2/c1-7-5-10(13)14-15-11(7)9-3-4-16(12(17)18)8(2)6-9/h5,8-9H,3-4,6H2,1-2H3,(H2,13,14)(H,17,18)/t8-,9-/m0/s1. The monoisotopic (exact) mass is 250 g/mol. The average molecular weight is 250 g/mol. The largest absolute Gasteiger partial charge is 0.465 e. The highest BCUT2D eigenvalue weighted by molar-refractivity contribution is 5.65. The van der Waals surface area contributed by atoms with Gasteiger partial charge in [0.25, 0.3) is 0 Å². The number of piperidine rings is 1. The summed E-state index contributed by atoms with van der Waals surface area (Å²) >= 11 is 0.